The number of rotatable bonds is 1. The Labute approximate surface area is 156 Å². The van der Waals surface area contributed by atoms with E-state index >= 15 is 0 Å². The molecule has 3 rings (SSSR count). The van der Waals surface area contributed by atoms with Crippen molar-refractivity contribution in [3.63, 3.8) is 0 Å². The molecular formula is C20H16ClFN2O2. The Morgan fingerprint density at radius 2 is 1.46 bits per heavy atom. The molecular weight excluding hydrogens is 355 g/mol. The third kappa shape index (κ3) is 4.41. The van der Waals surface area contributed by atoms with Gasteiger partial charge in [-0.2, -0.15) is 0 Å². The van der Waals surface area contributed by atoms with E-state index in [1.807, 2.05) is 0 Å². The third-order valence-electron chi connectivity index (χ3n) is 4.10. The Hall–Kier alpha value is -2.84. The van der Waals surface area contributed by atoms with Crippen molar-refractivity contribution in [2.45, 2.75) is 0 Å². The lowest BCUT2D eigenvalue weighted by molar-refractivity contribution is -0.126. The average molecular weight is 371 g/mol. The predicted octanol–water partition coefficient (Wildman–Crippen LogP) is 2.82. The van der Waals surface area contributed by atoms with Crippen LogP contribution in [0.15, 0.2) is 48.5 Å². The van der Waals surface area contributed by atoms with Gasteiger partial charge in [-0.25, -0.2) is 4.39 Å². The molecule has 1 fully saturated rings. The molecule has 132 valence electrons. The highest BCUT2D eigenvalue weighted by Crippen LogP contribution is 2.13. The van der Waals surface area contributed by atoms with Crippen LogP contribution >= 0.6 is 11.6 Å². The number of hydrogen-bond donors (Lipinski definition) is 0. The summed E-state index contributed by atoms with van der Waals surface area (Å²) in [6.07, 6.45) is 0. The monoisotopic (exact) mass is 370 g/mol. The lowest BCUT2D eigenvalue weighted by Gasteiger charge is -2.33. The molecule has 0 saturated carbocycles. The summed E-state index contributed by atoms with van der Waals surface area (Å²) >= 11 is 5.84. The van der Waals surface area contributed by atoms with Gasteiger partial charge in [0.25, 0.3) is 11.8 Å². The summed E-state index contributed by atoms with van der Waals surface area (Å²) in [5, 5.41) is 0.580. The van der Waals surface area contributed by atoms with Crippen LogP contribution in [-0.2, 0) is 4.79 Å². The van der Waals surface area contributed by atoms with Crippen LogP contribution in [0.2, 0.25) is 5.02 Å². The first kappa shape index (κ1) is 18.0. The maximum absolute atomic E-state index is 12.9. The zero-order valence-electron chi connectivity index (χ0n) is 13.9. The minimum atomic E-state index is -0.344. The summed E-state index contributed by atoms with van der Waals surface area (Å²) in [6.45, 7) is 1.75. The Morgan fingerprint density at radius 3 is 2.08 bits per heavy atom. The largest absolute Gasteiger partial charge is 0.335 e. The van der Waals surface area contributed by atoms with E-state index in [-0.39, 0.29) is 17.6 Å². The van der Waals surface area contributed by atoms with Crippen LogP contribution < -0.4 is 0 Å². The van der Waals surface area contributed by atoms with Crippen molar-refractivity contribution in [2.24, 2.45) is 0 Å². The van der Waals surface area contributed by atoms with Crippen molar-refractivity contribution < 1.29 is 14.0 Å². The molecule has 0 bridgehead atoms. The molecule has 0 N–H and O–H groups in total. The van der Waals surface area contributed by atoms with Gasteiger partial charge in [0.15, 0.2) is 0 Å². The molecule has 1 aliphatic heterocycles. The van der Waals surface area contributed by atoms with E-state index in [9.17, 15) is 14.0 Å². The third-order valence-corrected chi connectivity index (χ3v) is 4.36. The predicted molar refractivity (Wildman–Crippen MR) is 97.2 cm³/mol. The SMILES string of the molecule is O=C(C#Cc1ccc(F)cc1)N1CCN(C(=O)c2ccc(Cl)cc2)CC1. The van der Waals surface area contributed by atoms with Gasteiger partial charge < -0.3 is 9.80 Å². The second-order valence-electron chi connectivity index (χ2n) is 5.85. The summed E-state index contributed by atoms with van der Waals surface area (Å²) in [5.41, 5.74) is 1.15. The topological polar surface area (TPSA) is 40.6 Å². The second kappa shape index (κ2) is 8.03. The second-order valence-corrected chi connectivity index (χ2v) is 6.28. The van der Waals surface area contributed by atoms with Crippen LogP contribution in [0.1, 0.15) is 15.9 Å². The number of halogens is 2. The Kier molecular flexibility index (Phi) is 5.55. The van der Waals surface area contributed by atoms with E-state index in [2.05, 4.69) is 11.8 Å². The lowest BCUT2D eigenvalue weighted by Crippen LogP contribution is -2.50. The van der Waals surface area contributed by atoms with E-state index in [0.29, 0.717) is 42.3 Å². The van der Waals surface area contributed by atoms with Crippen LogP contribution in [-0.4, -0.2) is 47.8 Å². The highest BCUT2D eigenvalue weighted by atomic mass is 35.5. The Morgan fingerprint density at radius 1 is 0.885 bits per heavy atom. The van der Waals surface area contributed by atoms with Crippen LogP contribution in [0.4, 0.5) is 4.39 Å². The minimum absolute atomic E-state index is 0.0776. The van der Waals surface area contributed by atoms with E-state index in [1.54, 1.807) is 34.1 Å². The zero-order chi connectivity index (χ0) is 18.5. The van der Waals surface area contributed by atoms with Gasteiger partial charge in [0, 0.05) is 48.2 Å². The fourth-order valence-electron chi connectivity index (χ4n) is 2.63. The van der Waals surface area contributed by atoms with Crippen molar-refractivity contribution >= 4 is 23.4 Å². The highest BCUT2D eigenvalue weighted by Gasteiger charge is 2.24. The fraction of sp³-hybridized carbons (Fsp3) is 0.200. The number of benzene rings is 2. The maximum Gasteiger partial charge on any atom is 0.298 e. The number of hydrogen-bond acceptors (Lipinski definition) is 2. The fourth-order valence-corrected chi connectivity index (χ4v) is 2.75. The first-order valence-corrected chi connectivity index (χ1v) is 8.52. The standard InChI is InChI=1S/C20H16ClFN2O2/c21-17-6-4-16(5-7-17)20(26)24-13-11-23(12-14-24)19(25)10-3-15-1-8-18(22)9-2-15/h1-2,4-9H,11-14H2. The van der Waals surface area contributed by atoms with Gasteiger partial charge in [0.2, 0.25) is 0 Å². The molecule has 0 atom stereocenters. The van der Waals surface area contributed by atoms with Gasteiger partial charge in [-0.15, -0.1) is 0 Å². The smallest absolute Gasteiger partial charge is 0.298 e. The summed E-state index contributed by atoms with van der Waals surface area (Å²) < 4.78 is 12.9. The van der Waals surface area contributed by atoms with Crippen molar-refractivity contribution in [3.05, 3.63) is 70.5 Å². The first-order chi connectivity index (χ1) is 12.5. The summed E-state index contributed by atoms with van der Waals surface area (Å²) in [5.74, 6) is 4.58. The number of piperazine rings is 1. The lowest BCUT2D eigenvalue weighted by atomic mass is 10.2. The maximum atomic E-state index is 12.9. The number of nitrogens with zero attached hydrogens (tertiary/aromatic N) is 2. The van der Waals surface area contributed by atoms with E-state index in [0.717, 1.165) is 0 Å². The average Bonchev–Trinajstić information content (AvgIpc) is 2.67. The van der Waals surface area contributed by atoms with Crippen LogP contribution in [0, 0.1) is 17.7 Å². The van der Waals surface area contributed by atoms with Gasteiger partial charge in [-0.3, -0.25) is 9.59 Å². The summed E-state index contributed by atoms with van der Waals surface area (Å²) in [7, 11) is 0. The van der Waals surface area contributed by atoms with Gasteiger partial charge in [0.05, 0.1) is 0 Å². The molecule has 6 heteroatoms. The quantitative estimate of drug-likeness (QED) is 0.724. The molecule has 2 aromatic rings. The number of carbonyl (C=O) groups is 2. The van der Waals surface area contributed by atoms with Crippen molar-refractivity contribution in [2.75, 3.05) is 26.2 Å². The molecule has 2 aromatic carbocycles. The molecule has 4 nitrogen and oxygen atoms in total. The van der Waals surface area contributed by atoms with Crippen molar-refractivity contribution in [3.8, 4) is 11.8 Å². The number of carbonyl (C=O) groups excluding carboxylic acids is 2. The normalized spacial score (nSPS) is 13.8. The van der Waals surface area contributed by atoms with E-state index < -0.39 is 0 Å². The Bertz CT molecular complexity index is 861. The molecule has 0 aliphatic carbocycles. The van der Waals surface area contributed by atoms with Gasteiger partial charge in [-0.1, -0.05) is 17.5 Å². The molecule has 0 radical (unpaired) electrons. The molecule has 0 unspecified atom stereocenters. The van der Waals surface area contributed by atoms with Gasteiger partial charge >= 0.3 is 0 Å². The summed E-state index contributed by atoms with van der Waals surface area (Å²) in [6, 6.07) is 12.4. The van der Waals surface area contributed by atoms with Crippen LogP contribution in [0.5, 0.6) is 0 Å². The van der Waals surface area contributed by atoms with Gasteiger partial charge in [0.1, 0.15) is 5.82 Å². The molecule has 26 heavy (non-hydrogen) atoms. The number of amides is 2. The molecule has 1 saturated heterocycles. The summed E-state index contributed by atoms with van der Waals surface area (Å²) in [4.78, 5) is 28.0. The molecule has 2 amide bonds. The molecule has 1 heterocycles. The Balaban J connectivity index is 1.56. The van der Waals surface area contributed by atoms with Crippen LogP contribution in [0.3, 0.4) is 0 Å². The molecule has 1 aliphatic rings. The molecule has 0 aromatic heterocycles. The van der Waals surface area contributed by atoms with Crippen LogP contribution in [0.25, 0.3) is 0 Å². The van der Waals surface area contributed by atoms with Crippen molar-refractivity contribution in [1.29, 1.82) is 0 Å². The highest BCUT2D eigenvalue weighted by molar-refractivity contribution is 6.30. The zero-order valence-corrected chi connectivity index (χ0v) is 14.7. The van der Waals surface area contributed by atoms with Gasteiger partial charge in [-0.05, 0) is 48.5 Å². The first-order valence-electron chi connectivity index (χ1n) is 8.14. The van der Waals surface area contributed by atoms with E-state index in [4.69, 9.17) is 11.6 Å². The molecule has 0 spiro atoms. The van der Waals surface area contributed by atoms with E-state index in [1.165, 1.54) is 24.3 Å². The minimum Gasteiger partial charge on any atom is -0.335 e. The van der Waals surface area contributed by atoms with Crippen molar-refractivity contribution in [1.82, 2.24) is 9.80 Å².